The highest BCUT2D eigenvalue weighted by Gasteiger charge is 2.14. The van der Waals surface area contributed by atoms with Crippen LogP contribution in [-0.4, -0.2) is 19.0 Å². The van der Waals surface area contributed by atoms with E-state index >= 15 is 0 Å². The highest BCUT2D eigenvalue weighted by Crippen LogP contribution is 2.17. The van der Waals surface area contributed by atoms with Gasteiger partial charge in [-0.2, -0.15) is 0 Å². The van der Waals surface area contributed by atoms with Crippen molar-refractivity contribution in [2.45, 2.75) is 47.0 Å². The Kier molecular flexibility index (Phi) is 9.73. The van der Waals surface area contributed by atoms with E-state index in [1.54, 1.807) is 0 Å². The van der Waals surface area contributed by atoms with Crippen LogP contribution in [0.3, 0.4) is 0 Å². The highest BCUT2D eigenvalue weighted by atomic mass is 16.1. The fourth-order valence-corrected chi connectivity index (χ4v) is 1.91. The number of carbonyl (C=O) groups excluding carboxylic acids is 1. The Labute approximate surface area is 124 Å². The van der Waals surface area contributed by atoms with Gasteiger partial charge < -0.3 is 11.1 Å². The minimum absolute atomic E-state index is 0.0389. The summed E-state index contributed by atoms with van der Waals surface area (Å²) in [6.07, 6.45) is 1.08. The van der Waals surface area contributed by atoms with Crippen molar-refractivity contribution in [1.82, 2.24) is 5.32 Å². The van der Waals surface area contributed by atoms with Crippen molar-refractivity contribution >= 4 is 5.91 Å². The molecule has 0 saturated heterocycles. The molecule has 1 aromatic carbocycles. The molecular weight excluding hydrogens is 248 g/mol. The lowest BCUT2D eigenvalue weighted by Gasteiger charge is -2.13. The first-order chi connectivity index (χ1) is 9.54. The van der Waals surface area contributed by atoms with Crippen molar-refractivity contribution in [3.63, 3.8) is 0 Å². The summed E-state index contributed by atoms with van der Waals surface area (Å²) in [6, 6.07) is 8.32. The number of rotatable bonds is 6. The summed E-state index contributed by atoms with van der Waals surface area (Å²) in [6.45, 7) is 11.3. The van der Waals surface area contributed by atoms with Crippen molar-refractivity contribution in [1.29, 1.82) is 0 Å². The molecule has 0 aliphatic carbocycles. The van der Waals surface area contributed by atoms with E-state index in [-0.39, 0.29) is 11.8 Å². The molecule has 3 nitrogen and oxygen atoms in total. The highest BCUT2D eigenvalue weighted by molar-refractivity contribution is 5.83. The van der Waals surface area contributed by atoms with Gasteiger partial charge in [-0.05, 0) is 30.4 Å². The van der Waals surface area contributed by atoms with E-state index in [2.05, 4.69) is 31.3 Å². The molecule has 0 heterocycles. The van der Waals surface area contributed by atoms with Gasteiger partial charge in [0.1, 0.15) is 0 Å². The van der Waals surface area contributed by atoms with Gasteiger partial charge in [-0.3, -0.25) is 4.79 Å². The van der Waals surface area contributed by atoms with Crippen molar-refractivity contribution in [2.24, 2.45) is 11.7 Å². The Hall–Kier alpha value is -1.35. The summed E-state index contributed by atoms with van der Waals surface area (Å²) in [7, 11) is 0. The van der Waals surface area contributed by atoms with Crippen LogP contribution in [-0.2, 0) is 11.2 Å². The summed E-state index contributed by atoms with van der Waals surface area (Å²) < 4.78 is 0. The first-order valence-corrected chi connectivity index (χ1v) is 7.61. The maximum absolute atomic E-state index is 11.8. The molecular formula is C17H30N2O. The van der Waals surface area contributed by atoms with E-state index in [0.29, 0.717) is 19.0 Å². The number of nitrogens with two attached hydrogens (primary N) is 1. The second kappa shape index (κ2) is 10.4. The van der Waals surface area contributed by atoms with Gasteiger partial charge in [-0.25, -0.2) is 0 Å². The van der Waals surface area contributed by atoms with E-state index in [1.165, 1.54) is 5.56 Å². The van der Waals surface area contributed by atoms with Crippen molar-refractivity contribution < 1.29 is 4.79 Å². The molecule has 0 fully saturated rings. The molecule has 1 aromatic rings. The number of hydrogen-bond acceptors (Lipinski definition) is 2. The standard InChI is InChI=1S/C15H24N2O.C2H6/c1-11(2)10-13-4-6-14(7-5-13)12(3)15(18)17-9-8-16;1-2/h4-7,11-12H,8-10,16H2,1-3H3,(H,17,18);1-2H3. The lowest BCUT2D eigenvalue weighted by Crippen LogP contribution is -2.32. The molecule has 0 spiro atoms. The van der Waals surface area contributed by atoms with E-state index in [0.717, 1.165) is 12.0 Å². The molecule has 1 amide bonds. The maximum atomic E-state index is 11.8. The zero-order valence-electron chi connectivity index (χ0n) is 13.6. The Balaban J connectivity index is 0.00000172. The summed E-state index contributed by atoms with van der Waals surface area (Å²) >= 11 is 0. The molecule has 3 heteroatoms. The van der Waals surface area contributed by atoms with Gasteiger partial charge in [0.25, 0.3) is 0 Å². The van der Waals surface area contributed by atoms with Gasteiger partial charge in [0.15, 0.2) is 0 Å². The fourth-order valence-electron chi connectivity index (χ4n) is 1.91. The van der Waals surface area contributed by atoms with Gasteiger partial charge in [-0.1, -0.05) is 52.0 Å². The third-order valence-electron chi connectivity index (χ3n) is 2.96. The summed E-state index contributed by atoms with van der Waals surface area (Å²) in [5.41, 5.74) is 7.74. The van der Waals surface area contributed by atoms with Gasteiger partial charge >= 0.3 is 0 Å². The van der Waals surface area contributed by atoms with E-state index in [4.69, 9.17) is 5.73 Å². The fraction of sp³-hybridized carbons (Fsp3) is 0.588. The van der Waals surface area contributed by atoms with Crippen LogP contribution in [0.1, 0.15) is 51.7 Å². The van der Waals surface area contributed by atoms with Gasteiger partial charge in [-0.15, -0.1) is 0 Å². The topological polar surface area (TPSA) is 55.1 Å². The van der Waals surface area contributed by atoms with E-state index in [9.17, 15) is 4.79 Å². The average molecular weight is 278 g/mol. The molecule has 114 valence electrons. The molecule has 1 atom stereocenters. The van der Waals surface area contributed by atoms with Crippen LogP contribution in [0.2, 0.25) is 0 Å². The van der Waals surface area contributed by atoms with Crippen molar-refractivity contribution in [3.05, 3.63) is 35.4 Å². The molecule has 0 radical (unpaired) electrons. The number of carbonyl (C=O) groups is 1. The smallest absolute Gasteiger partial charge is 0.227 e. The molecule has 0 aliphatic heterocycles. The summed E-state index contributed by atoms with van der Waals surface area (Å²) in [4.78, 5) is 11.8. The molecule has 0 saturated carbocycles. The summed E-state index contributed by atoms with van der Waals surface area (Å²) in [5, 5.41) is 2.81. The Bertz CT molecular complexity index is 371. The molecule has 3 N–H and O–H groups in total. The molecule has 0 aromatic heterocycles. The Morgan fingerprint density at radius 1 is 1.15 bits per heavy atom. The predicted octanol–water partition coefficient (Wildman–Crippen LogP) is 3.09. The van der Waals surface area contributed by atoms with Crippen LogP contribution >= 0.6 is 0 Å². The number of amides is 1. The monoisotopic (exact) mass is 278 g/mol. The molecule has 1 rings (SSSR count). The van der Waals surface area contributed by atoms with E-state index in [1.807, 2.05) is 32.9 Å². The van der Waals surface area contributed by atoms with Crippen LogP contribution in [0.5, 0.6) is 0 Å². The third kappa shape index (κ3) is 6.71. The molecule has 20 heavy (non-hydrogen) atoms. The largest absolute Gasteiger partial charge is 0.354 e. The zero-order chi connectivity index (χ0) is 15.5. The van der Waals surface area contributed by atoms with Crippen molar-refractivity contribution in [2.75, 3.05) is 13.1 Å². The average Bonchev–Trinajstić information content (AvgIpc) is 2.46. The van der Waals surface area contributed by atoms with Gasteiger partial charge in [0.05, 0.1) is 5.92 Å². The maximum Gasteiger partial charge on any atom is 0.227 e. The van der Waals surface area contributed by atoms with Crippen LogP contribution in [0.4, 0.5) is 0 Å². The summed E-state index contributed by atoms with van der Waals surface area (Å²) in [5.74, 6) is 0.572. The zero-order valence-corrected chi connectivity index (χ0v) is 13.6. The first kappa shape index (κ1) is 18.7. The third-order valence-corrected chi connectivity index (χ3v) is 2.96. The second-order valence-electron chi connectivity index (χ2n) is 5.14. The normalized spacial score (nSPS) is 11.6. The van der Waals surface area contributed by atoms with E-state index < -0.39 is 0 Å². The van der Waals surface area contributed by atoms with Gasteiger partial charge in [0, 0.05) is 13.1 Å². The van der Waals surface area contributed by atoms with Gasteiger partial charge in [0.2, 0.25) is 5.91 Å². The first-order valence-electron chi connectivity index (χ1n) is 7.61. The number of hydrogen-bond donors (Lipinski definition) is 2. The molecule has 0 aliphatic rings. The lowest BCUT2D eigenvalue weighted by atomic mass is 9.96. The Morgan fingerprint density at radius 2 is 1.70 bits per heavy atom. The lowest BCUT2D eigenvalue weighted by molar-refractivity contribution is -0.122. The minimum atomic E-state index is -0.121. The van der Waals surface area contributed by atoms with Crippen LogP contribution in [0.25, 0.3) is 0 Å². The van der Waals surface area contributed by atoms with Crippen LogP contribution < -0.4 is 11.1 Å². The van der Waals surface area contributed by atoms with Crippen LogP contribution in [0, 0.1) is 5.92 Å². The quantitative estimate of drug-likeness (QED) is 0.840. The molecule has 1 unspecified atom stereocenters. The number of nitrogens with one attached hydrogen (secondary N) is 1. The predicted molar refractivity (Wildman–Crippen MR) is 86.8 cm³/mol. The SMILES string of the molecule is CC.CC(C)Cc1ccc(C(C)C(=O)NCCN)cc1. The minimum Gasteiger partial charge on any atom is -0.354 e. The molecule has 0 bridgehead atoms. The number of benzene rings is 1. The second-order valence-corrected chi connectivity index (χ2v) is 5.14. The van der Waals surface area contributed by atoms with Crippen LogP contribution in [0.15, 0.2) is 24.3 Å². The van der Waals surface area contributed by atoms with Crippen molar-refractivity contribution in [3.8, 4) is 0 Å². The Morgan fingerprint density at radius 3 is 2.15 bits per heavy atom.